The van der Waals surface area contributed by atoms with Crippen molar-refractivity contribution in [3.8, 4) is 5.69 Å². The summed E-state index contributed by atoms with van der Waals surface area (Å²) in [4.78, 5) is 0. The van der Waals surface area contributed by atoms with Gasteiger partial charge in [0.05, 0.1) is 5.69 Å². The van der Waals surface area contributed by atoms with Gasteiger partial charge in [-0.15, -0.1) is 5.10 Å². The van der Waals surface area contributed by atoms with E-state index < -0.39 is 0 Å². The summed E-state index contributed by atoms with van der Waals surface area (Å²) in [5.74, 6) is 1.62. The van der Waals surface area contributed by atoms with Gasteiger partial charge < -0.3 is 5.32 Å². The van der Waals surface area contributed by atoms with Crippen molar-refractivity contribution in [1.82, 2.24) is 20.2 Å². The van der Waals surface area contributed by atoms with E-state index in [9.17, 15) is 0 Å². The number of fused-ring (bicyclic) bond motifs is 1. The van der Waals surface area contributed by atoms with Crippen molar-refractivity contribution in [3.05, 3.63) is 42.7 Å². The summed E-state index contributed by atoms with van der Waals surface area (Å²) in [5.41, 5.74) is 2.14. The monoisotopic (exact) mass is 253 g/mol. The van der Waals surface area contributed by atoms with Gasteiger partial charge in [0.1, 0.15) is 6.33 Å². The highest BCUT2D eigenvalue weighted by Gasteiger charge is 2.40. The number of rotatable bonds is 3. The van der Waals surface area contributed by atoms with Gasteiger partial charge in [-0.25, -0.2) is 4.68 Å². The van der Waals surface area contributed by atoms with E-state index in [1.165, 1.54) is 18.5 Å². The van der Waals surface area contributed by atoms with Crippen LogP contribution in [0.25, 0.3) is 5.69 Å². The van der Waals surface area contributed by atoms with Gasteiger partial charge in [0.25, 0.3) is 0 Å². The van der Waals surface area contributed by atoms with Crippen LogP contribution in [0, 0.1) is 11.8 Å². The van der Waals surface area contributed by atoms with E-state index in [2.05, 4.69) is 45.1 Å². The van der Waals surface area contributed by atoms with Crippen LogP contribution in [0.3, 0.4) is 0 Å². The first-order valence-electron chi connectivity index (χ1n) is 6.67. The molecule has 0 radical (unpaired) electrons. The molecule has 19 heavy (non-hydrogen) atoms. The van der Waals surface area contributed by atoms with Gasteiger partial charge in [-0.05, 0) is 53.5 Å². The highest BCUT2D eigenvalue weighted by atomic mass is 15.5. The molecule has 0 amide bonds. The number of tetrazole rings is 1. The van der Waals surface area contributed by atoms with Gasteiger partial charge in [-0.3, -0.25) is 0 Å². The molecule has 1 saturated carbocycles. The zero-order valence-corrected chi connectivity index (χ0v) is 10.5. The molecular weight excluding hydrogens is 238 g/mol. The number of benzene rings is 1. The molecule has 2 aliphatic rings. The van der Waals surface area contributed by atoms with E-state index in [1.54, 1.807) is 11.0 Å². The molecule has 1 heterocycles. The zero-order valence-electron chi connectivity index (χ0n) is 10.5. The minimum Gasteiger partial charge on any atom is -0.382 e. The van der Waals surface area contributed by atoms with Gasteiger partial charge in [0.15, 0.2) is 0 Å². The number of hydrogen-bond donors (Lipinski definition) is 1. The van der Waals surface area contributed by atoms with E-state index in [0.717, 1.165) is 17.5 Å². The number of hydrogen-bond acceptors (Lipinski definition) is 4. The molecule has 0 spiro atoms. The summed E-state index contributed by atoms with van der Waals surface area (Å²) in [6, 6.07) is 8.83. The van der Waals surface area contributed by atoms with Crippen LogP contribution >= 0.6 is 0 Å². The summed E-state index contributed by atoms with van der Waals surface area (Å²) < 4.78 is 1.66. The Morgan fingerprint density at radius 3 is 2.84 bits per heavy atom. The van der Waals surface area contributed by atoms with Gasteiger partial charge in [0.2, 0.25) is 0 Å². The Morgan fingerprint density at radius 1 is 1.21 bits per heavy atom. The molecule has 5 nitrogen and oxygen atoms in total. The minimum atomic E-state index is 0.600. The van der Waals surface area contributed by atoms with Crippen molar-refractivity contribution in [1.29, 1.82) is 0 Å². The highest BCUT2D eigenvalue weighted by molar-refractivity contribution is 5.49. The standard InChI is InChI=1S/C14H15N5/c1-2-10-8-14(13(10)3-1)16-11-4-6-12(7-5-11)19-9-15-17-18-19/h1,3-7,9-10,13-14,16H,2,8H2. The van der Waals surface area contributed by atoms with Crippen molar-refractivity contribution >= 4 is 5.69 Å². The van der Waals surface area contributed by atoms with Crippen LogP contribution in [0.2, 0.25) is 0 Å². The number of aromatic nitrogens is 4. The maximum absolute atomic E-state index is 3.87. The SMILES string of the molecule is C1=CC2C(C1)CC2Nc1ccc(-n2cnnn2)cc1. The molecule has 0 bridgehead atoms. The fraction of sp³-hybridized carbons (Fsp3) is 0.357. The Bertz CT molecular complexity index is 587. The third kappa shape index (κ3) is 1.82. The van der Waals surface area contributed by atoms with Crippen LogP contribution in [-0.4, -0.2) is 26.2 Å². The molecule has 3 atom stereocenters. The van der Waals surface area contributed by atoms with Crippen molar-refractivity contribution in [2.45, 2.75) is 18.9 Å². The molecule has 4 rings (SSSR count). The fourth-order valence-corrected chi connectivity index (χ4v) is 3.09. The van der Waals surface area contributed by atoms with E-state index in [4.69, 9.17) is 0 Å². The van der Waals surface area contributed by atoms with Gasteiger partial charge >= 0.3 is 0 Å². The second-order valence-electron chi connectivity index (χ2n) is 5.29. The molecular formula is C14H15N5. The number of anilines is 1. The first kappa shape index (κ1) is 10.7. The van der Waals surface area contributed by atoms with Crippen LogP contribution in [0.15, 0.2) is 42.7 Å². The van der Waals surface area contributed by atoms with E-state index in [-0.39, 0.29) is 0 Å². The summed E-state index contributed by atoms with van der Waals surface area (Å²) in [6.07, 6.45) is 8.83. The number of allylic oxidation sites excluding steroid dienone is 1. The molecule has 3 unspecified atom stereocenters. The van der Waals surface area contributed by atoms with Crippen LogP contribution in [0.1, 0.15) is 12.8 Å². The van der Waals surface area contributed by atoms with Gasteiger partial charge in [-0.2, -0.15) is 0 Å². The molecule has 96 valence electrons. The average Bonchev–Trinajstić information content (AvgIpc) is 3.06. The normalized spacial score (nSPS) is 27.9. The lowest BCUT2D eigenvalue weighted by molar-refractivity contribution is 0.218. The Balaban J connectivity index is 1.46. The fourth-order valence-electron chi connectivity index (χ4n) is 3.09. The maximum Gasteiger partial charge on any atom is 0.143 e. The van der Waals surface area contributed by atoms with Crippen LogP contribution in [0.4, 0.5) is 5.69 Å². The molecule has 2 aliphatic carbocycles. The number of nitrogens with one attached hydrogen (secondary N) is 1. The Kier molecular flexibility index (Phi) is 2.36. The maximum atomic E-state index is 3.87. The van der Waals surface area contributed by atoms with Gasteiger partial charge in [-0.1, -0.05) is 12.2 Å². The van der Waals surface area contributed by atoms with E-state index >= 15 is 0 Å². The average molecular weight is 253 g/mol. The zero-order chi connectivity index (χ0) is 12.7. The Hall–Kier alpha value is -2.17. The molecule has 0 aliphatic heterocycles. The molecule has 0 saturated heterocycles. The van der Waals surface area contributed by atoms with Crippen molar-refractivity contribution < 1.29 is 0 Å². The number of nitrogens with zero attached hydrogens (tertiary/aromatic N) is 4. The molecule has 5 heteroatoms. The lowest BCUT2D eigenvalue weighted by Crippen LogP contribution is -2.43. The molecule has 1 fully saturated rings. The Labute approximate surface area is 111 Å². The summed E-state index contributed by atoms with van der Waals surface area (Å²) in [6.45, 7) is 0. The predicted octanol–water partition coefficient (Wildman–Crippen LogP) is 2.04. The third-order valence-corrected chi connectivity index (χ3v) is 4.20. The Morgan fingerprint density at radius 2 is 2.11 bits per heavy atom. The summed E-state index contributed by atoms with van der Waals surface area (Å²) >= 11 is 0. The van der Waals surface area contributed by atoms with E-state index in [0.29, 0.717) is 6.04 Å². The lowest BCUT2D eigenvalue weighted by atomic mass is 9.71. The quantitative estimate of drug-likeness (QED) is 0.850. The largest absolute Gasteiger partial charge is 0.382 e. The van der Waals surface area contributed by atoms with Crippen LogP contribution in [0.5, 0.6) is 0 Å². The molecule has 2 aromatic rings. The third-order valence-electron chi connectivity index (χ3n) is 4.20. The lowest BCUT2D eigenvalue weighted by Gasteiger charge is -2.41. The molecule has 1 N–H and O–H groups in total. The smallest absolute Gasteiger partial charge is 0.143 e. The molecule has 1 aromatic heterocycles. The second kappa shape index (κ2) is 4.19. The summed E-state index contributed by atoms with van der Waals surface area (Å²) in [5, 5.41) is 14.8. The first-order valence-corrected chi connectivity index (χ1v) is 6.67. The first-order chi connectivity index (χ1) is 9.40. The molecule has 1 aromatic carbocycles. The van der Waals surface area contributed by atoms with Crippen molar-refractivity contribution in [3.63, 3.8) is 0 Å². The predicted molar refractivity (Wildman–Crippen MR) is 71.9 cm³/mol. The summed E-state index contributed by atoms with van der Waals surface area (Å²) in [7, 11) is 0. The van der Waals surface area contributed by atoms with Crippen molar-refractivity contribution in [2.24, 2.45) is 11.8 Å². The minimum absolute atomic E-state index is 0.600. The van der Waals surface area contributed by atoms with Crippen LogP contribution in [-0.2, 0) is 0 Å². The highest BCUT2D eigenvalue weighted by Crippen LogP contribution is 2.44. The second-order valence-corrected chi connectivity index (χ2v) is 5.29. The van der Waals surface area contributed by atoms with Crippen molar-refractivity contribution in [2.75, 3.05) is 5.32 Å². The van der Waals surface area contributed by atoms with Crippen LogP contribution < -0.4 is 5.32 Å². The van der Waals surface area contributed by atoms with Gasteiger partial charge in [0, 0.05) is 17.6 Å². The van der Waals surface area contributed by atoms with E-state index in [1.807, 2.05) is 12.1 Å². The topological polar surface area (TPSA) is 55.6 Å².